The van der Waals surface area contributed by atoms with Gasteiger partial charge in [-0.1, -0.05) is 13.8 Å². The second-order valence-corrected chi connectivity index (χ2v) is 11.8. The number of fused-ring (bicyclic) bond motifs is 2. The van der Waals surface area contributed by atoms with E-state index < -0.39 is 5.54 Å². The minimum Gasteiger partial charge on any atom is -0.470 e. The number of carbonyl (C=O) groups excluding carboxylic acids is 2. The average molecular weight is 531 g/mol. The van der Waals surface area contributed by atoms with E-state index in [1.165, 1.54) is 0 Å². The number of anilines is 2. The second-order valence-electron chi connectivity index (χ2n) is 11.8. The Morgan fingerprint density at radius 2 is 1.87 bits per heavy atom. The molecule has 10 heteroatoms. The number of cyclic esters (lactones) is 1. The van der Waals surface area contributed by atoms with E-state index >= 15 is 0 Å². The molecule has 6 rings (SSSR count). The molecular formula is C29H34N6O4. The molecule has 1 saturated heterocycles. The molecule has 1 amide bonds. The van der Waals surface area contributed by atoms with E-state index in [-0.39, 0.29) is 35.9 Å². The number of aromatic nitrogens is 3. The van der Waals surface area contributed by atoms with Crippen LogP contribution in [0, 0.1) is 11.8 Å². The van der Waals surface area contributed by atoms with Gasteiger partial charge in [-0.05, 0) is 62.3 Å². The first-order valence-electron chi connectivity index (χ1n) is 13.5. The van der Waals surface area contributed by atoms with Gasteiger partial charge in [0.2, 0.25) is 11.8 Å². The lowest BCUT2D eigenvalue weighted by atomic mass is 9.93. The number of carbonyl (C=O) groups is 2. The van der Waals surface area contributed by atoms with Crippen LogP contribution in [0.15, 0.2) is 30.6 Å². The lowest BCUT2D eigenvalue weighted by Gasteiger charge is -2.39. The molecule has 5 heterocycles. The van der Waals surface area contributed by atoms with Gasteiger partial charge < -0.3 is 25.4 Å². The van der Waals surface area contributed by atoms with Crippen molar-refractivity contribution >= 4 is 34.3 Å². The Balaban J connectivity index is 1.26. The molecule has 1 aliphatic carbocycles. The third kappa shape index (κ3) is 4.67. The molecule has 3 aliphatic rings. The molecule has 0 aromatic carbocycles. The Morgan fingerprint density at radius 1 is 1.13 bits per heavy atom. The van der Waals surface area contributed by atoms with Gasteiger partial charge in [-0.25, -0.2) is 19.7 Å². The molecule has 0 bridgehead atoms. The molecule has 10 nitrogen and oxygen atoms in total. The molecule has 3 aromatic rings. The van der Waals surface area contributed by atoms with Crippen molar-refractivity contribution in [2.45, 2.75) is 64.7 Å². The minimum atomic E-state index is -0.654. The van der Waals surface area contributed by atoms with Gasteiger partial charge >= 0.3 is 5.97 Å². The van der Waals surface area contributed by atoms with Crippen molar-refractivity contribution in [2.24, 2.45) is 17.6 Å². The number of nitrogens with one attached hydrogen (secondary N) is 1. The highest BCUT2D eigenvalue weighted by molar-refractivity contribution is 5.93. The van der Waals surface area contributed by atoms with E-state index in [0.717, 1.165) is 22.8 Å². The SMILES string of the molecule is C[C@@H]1OC(=O)c2ccc(Nc3cc4c(C(C)(C)N)cnc(OC5CN(C(=O)[C@H]6C[C@@H]6C)C5)c4cn3)nc2[C@H]1C. The zero-order valence-electron chi connectivity index (χ0n) is 22.9. The smallest absolute Gasteiger partial charge is 0.340 e. The first-order valence-corrected chi connectivity index (χ1v) is 13.5. The van der Waals surface area contributed by atoms with Gasteiger partial charge in [0.05, 0.1) is 29.7 Å². The summed E-state index contributed by atoms with van der Waals surface area (Å²) in [6.45, 7) is 11.0. The van der Waals surface area contributed by atoms with Gasteiger partial charge in [0, 0.05) is 29.8 Å². The van der Waals surface area contributed by atoms with Crippen LogP contribution in [0.25, 0.3) is 10.8 Å². The van der Waals surface area contributed by atoms with Crippen LogP contribution in [0.5, 0.6) is 5.88 Å². The van der Waals surface area contributed by atoms with Crippen LogP contribution in [-0.4, -0.2) is 57.0 Å². The molecule has 2 fully saturated rings. The van der Waals surface area contributed by atoms with Crippen LogP contribution in [0.1, 0.15) is 68.6 Å². The van der Waals surface area contributed by atoms with Gasteiger partial charge in [-0.3, -0.25) is 4.79 Å². The monoisotopic (exact) mass is 530 g/mol. The summed E-state index contributed by atoms with van der Waals surface area (Å²) in [5, 5.41) is 4.89. The van der Waals surface area contributed by atoms with Crippen molar-refractivity contribution < 1.29 is 19.1 Å². The molecule has 3 aromatic heterocycles. The van der Waals surface area contributed by atoms with E-state index in [1.807, 2.05) is 38.7 Å². The molecule has 0 spiro atoms. The summed E-state index contributed by atoms with van der Waals surface area (Å²) in [6, 6.07) is 5.40. The van der Waals surface area contributed by atoms with Crippen molar-refractivity contribution in [1.29, 1.82) is 0 Å². The largest absolute Gasteiger partial charge is 0.470 e. The van der Waals surface area contributed by atoms with Crippen molar-refractivity contribution in [2.75, 3.05) is 18.4 Å². The van der Waals surface area contributed by atoms with Crippen LogP contribution < -0.4 is 15.8 Å². The van der Waals surface area contributed by atoms with Crippen LogP contribution in [0.3, 0.4) is 0 Å². The summed E-state index contributed by atoms with van der Waals surface area (Å²) in [6.07, 6.45) is 4.11. The molecule has 39 heavy (non-hydrogen) atoms. The molecule has 2 aliphatic heterocycles. The lowest BCUT2D eigenvalue weighted by molar-refractivity contribution is -0.141. The number of hydrogen-bond acceptors (Lipinski definition) is 9. The number of nitrogens with two attached hydrogens (primary N) is 1. The van der Waals surface area contributed by atoms with E-state index in [2.05, 4.69) is 22.2 Å². The fraction of sp³-hybridized carbons (Fsp3) is 0.483. The fourth-order valence-electron chi connectivity index (χ4n) is 5.29. The summed E-state index contributed by atoms with van der Waals surface area (Å²) >= 11 is 0. The summed E-state index contributed by atoms with van der Waals surface area (Å²) in [7, 11) is 0. The van der Waals surface area contributed by atoms with Crippen molar-refractivity contribution in [1.82, 2.24) is 19.9 Å². The van der Waals surface area contributed by atoms with Crippen molar-refractivity contribution in [3.8, 4) is 5.88 Å². The third-order valence-corrected chi connectivity index (χ3v) is 8.12. The minimum absolute atomic E-state index is 0.0233. The average Bonchev–Trinajstić information content (AvgIpc) is 3.59. The van der Waals surface area contributed by atoms with Gasteiger partial charge in [-0.2, -0.15) is 0 Å². The Bertz CT molecular complexity index is 1480. The predicted molar refractivity (Wildman–Crippen MR) is 146 cm³/mol. The normalized spacial score (nSPS) is 24.6. The maximum Gasteiger partial charge on any atom is 0.340 e. The summed E-state index contributed by atoms with van der Waals surface area (Å²) in [5.74, 6) is 2.16. The van der Waals surface area contributed by atoms with Gasteiger partial charge in [0.25, 0.3) is 0 Å². The third-order valence-electron chi connectivity index (χ3n) is 8.12. The van der Waals surface area contributed by atoms with Gasteiger partial charge in [0.15, 0.2) is 0 Å². The Kier molecular flexibility index (Phi) is 5.98. The maximum atomic E-state index is 12.5. The van der Waals surface area contributed by atoms with E-state index in [1.54, 1.807) is 24.5 Å². The Hall–Kier alpha value is -3.79. The number of ether oxygens (including phenoxy) is 2. The lowest BCUT2D eigenvalue weighted by Crippen LogP contribution is -2.56. The number of likely N-dealkylation sites (tertiary alicyclic amines) is 1. The molecule has 0 unspecified atom stereocenters. The number of nitrogens with zero attached hydrogens (tertiary/aromatic N) is 4. The molecule has 0 radical (unpaired) electrons. The molecule has 3 N–H and O–H groups in total. The first kappa shape index (κ1) is 25.5. The summed E-state index contributed by atoms with van der Waals surface area (Å²) in [5.41, 5.74) is 7.90. The highest BCUT2D eigenvalue weighted by Crippen LogP contribution is 2.40. The van der Waals surface area contributed by atoms with E-state index in [0.29, 0.717) is 47.8 Å². The number of rotatable bonds is 6. The first-order chi connectivity index (χ1) is 18.5. The number of esters is 1. The molecular weight excluding hydrogens is 496 g/mol. The number of amides is 1. The van der Waals surface area contributed by atoms with E-state index in [9.17, 15) is 9.59 Å². The zero-order chi connectivity index (χ0) is 27.6. The standard InChI is InChI=1S/C29H34N6O4/c1-14-8-19(14)27(36)35-12-17(13-35)39-26-21-10-31-24(9-20(21)22(11-32-26)29(4,5)30)33-23-7-6-18-25(34-23)15(2)16(3)38-28(18)37/h6-7,9-11,14-17,19H,8,12-13,30H2,1-5H3,(H,31,33,34)/t14-,15-,16-,19-/m0/s1. The highest BCUT2D eigenvalue weighted by atomic mass is 16.5. The molecule has 4 atom stereocenters. The van der Waals surface area contributed by atoms with Crippen LogP contribution in [0.2, 0.25) is 0 Å². The quantitative estimate of drug-likeness (QED) is 0.456. The second kappa shape index (κ2) is 9.15. The zero-order valence-corrected chi connectivity index (χ0v) is 22.9. The predicted octanol–water partition coefficient (Wildman–Crippen LogP) is 3.87. The van der Waals surface area contributed by atoms with Crippen molar-refractivity contribution in [3.05, 3.63) is 47.4 Å². The summed E-state index contributed by atoms with van der Waals surface area (Å²) < 4.78 is 11.6. The fourth-order valence-corrected chi connectivity index (χ4v) is 5.29. The van der Waals surface area contributed by atoms with Crippen LogP contribution >= 0.6 is 0 Å². The van der Waals surface area contributed by atoms with Gasteiger partial charge in [-0.15, -0.1) is 0 Å². The van der Waals surface area contributed by atoms with Gasteiger partial charge in [0.1, 0.15) is 23.8 Å². The maximum absolute atomic E-state index is 12.5. The summed E-state index contributed by atoms with van der Waals surface area (Å²) in [4.78, 5) is 40.5. The highest BCUT2D eigenvalue weighted by Gasteiger charge is 2.45. The Morgan fingerprint density at radius 3 is 2.56 bits per heavy atom. The molecule has 204 valence electrons. The number of pyridine rings is 3. The Labute approximate surface area is 227 Å². The topological polar surface area (TPSA) is 133 Å². The van der Waals surface area contributed by atoms with Crippen LogP contribution in [-0.2, 0) is 15.1 Å². The molecule has 1 saturated carbocycles. The van der Waals surface area contributed by atoms with Crippen LogP contribution in [0.4, 0.5) is 11.6 Å². The number of hydrogen-bond donors (Lipinski definition) is 2. The van der Waals surface area contributed by atoms with E-state index in [4.69, 9.17) is 20.2 Å². The van der Waals surface area contributed by atoms with Crippen molar-refractivity contribution in [3.63, 3.8) is 0 Å².